The van der Waals surface area contributed by atoms with Gasteiger partial charge in [-0.25, -0.2) is 4.98 Å². The van der Waals surface area contributed by atoms with Gasteiger partial charge < -0.3 is 16.4 Å². The van der Waals surface area contributed by atoms with Gasteiger partial charge in [0.05, 0.1) is 11.4 Å². The highest BCUT2D eigenvalue weighted by atomic mass is 15.2. The molecule has 1 aromatic heterocycles. The standard InChI is InChI=1S/C10H16N4/c1-7(2)6-14(3)10-9(12)8(11)4-5-13-10/h4-5H,1,6,12H2,2-3H3,(H2,11,13). The molecule has 4 nitrogen and oxygen atoms in total. The molecular weight excluding hydrogens is 176 g/mol. The molecule has 0 bridgehead atoms. The number of nitrogens with zero attached hydrogens (tertiary/aromatic N) is 2. The molecule has 0 aliphatic heterocycles. The molecule has 0 amide bonds. The van der Waals surface area contributed by atoms with Crippen molar-refractivity contribution in [1.29, 1.82) is 0 Å². The lowest BCUT2D eigenvalue weighted by Crippen LogP contribution is -2.21. The smallest absolute Gasteiger partial charge is 0.153 e. The Hall–Kier alpha value is -1.71. The zero-order valence-corrected chi connectivity index (χ0v) is 8.62. The van der Waals surface area contributed by atoms with E-state index in [1.54, 1.807) is 12.3 Å². The molecule has 0 saturated carbocycles. The third kappa shape index (κ3) is 2.16. The van der Waals surface area contributed by atoms with Crippen molar-refractivity contribution in [2.24, 2.45) is 0 Å². The second-order valence-corrected chi connectivity index (χ2v) is 3.45. The Bertz CT molecular complexity index is 346. The van der Waals surface area contributed by atoms with E-state index < -0.39 is 0 Å². The number of nitrogens with two attached hydrogens (primary N) is 2. The van der Waals surface area contributed by atoms with Gasteiger partial charge in [0, 0.05) is 19.8 Å². The van der Waals surface area contributed by atoms with Crippen LogP contribution in [0.4, 0.5) is 17.2 Å². The van der Waals surface area contributed by atoms with Gasteiger partial charge in [-0.2, -0.15) is 0 Å². The molecule has 0 aromatic carbocycles. The van der Waals surface area contributed by atoms with E-state index in [2.05, 4.69) is 11.6 Å². The minimum atomic E-state index is 0.524. The summed E-state index contributed by atoms with van der Waals surface area (Å²) in [5.41, 5.74) is 13.6. The lowest BCUT2D eigenvalue weighted by molar-refractivity contribution is 0.957. The minimum Gasteiger partial charge on any atom is -0.397 e. The van der Waals surface area contributed by atoms with E-state index in [0.29, 0.717) is 17.2 Å². The highest BCUT2D eigenvalue weighted by Gasteiger charge is 2.08. The van der Waals surface area contributed by atoms with Crippen LogP contribution in [0.25, 0.3) is 0 Å². The number of nitrogen functional groups attached to an aromatic ring is 2. The number of pyridine rings is 1. The molecule has 1 heterocycles. The van der Waals surface area contributed by atoms with E-state index in [1.807, 2.05) is 18.9 Å². The van der Waals surface area contributed by atoms with Gasteiger partial charge in [0.25, 0.3) is 0 Å². The zero-order valence-electron chi connectivity index (χ0n) is 8.62. The van der Waals surface area contributed by atoms with Gasteiger partial charge in [-0.05, 0) is 13.0 Å². The van der Waals surface area contributed by atoms with E-state index in [9.17, 15) is 0 Å². The number of hydrogen-bond acceptors (Lipinski definition) is 4. The third-order valence-electron chi connectivity index (χ3n) is 1.87. The fraction of sp³-hybridized carbons (Fsp3) is 0.300. The van der Waals surface area contributed by atoms with E-state index in [0.717, 1.165) is 12.1 Å². The molecule has 1 aromatic rings. The van der Waals surface area contributed by atoms with Crippen LogP contribution in [-0.2, 0) is 0 Å². The number of anilines is 3. The molecule has 4 N–H and O–H groups in total. The van der Waals surface area contributed by atoms with Gasteiger partial charge in [0.2, 0.25) is 0 Å². The van der Waals surface area contributed by atoms with Gasteiger partial charge in [-0.3, -0.25) is 0 Å². The Morgan fingerprint density at radius 3 is 2.79 bits per heavy atom. The van der Waals surface area contributed by atoms with E-state index in [-0.39, 0.29) is 0 Å². The molecule has 76 valence electrons. The predicted molar refractivity (Wildman–Crippen MR) is 61.1 cm³/mol. The van der Waals surface area contributed by atoms with Crippen molar-refractivity contribution >= 4 is 17.2 Å². The predicted octanol–water partition coefficient (Wildman–Crippen LogP) is 1.26. The molecule has 4 heteroatoms. The lowest BCUT2D eigenvalue weighted by Gasteiger charge is -2.20. The van der Waals surface area contributed by atoms with E-state index >= 15 is 0 Å². The first kappa shape index (κ1) is 10.4. The Morgan fingerprint density at radius 1 is 1.57 bits per heavy atom. The molecule has 0 radical (unpaired) electrons. The average Bonchev–Trinajstić information content (AvgIpc) is 2.08. The fourth-order valence-electron chi connectivity index (χ4n) is 1.26. The van der Waals surface area contributed by atoms with Gasteiger partial charge >= 0.3 is 0 Å². The molecule has 0 atom stereocenters. The molecule has 0 unspecified atom stereocenters. The Morgan fingerprint density at radius 2 is 2.21 bits per heavy atom. The summed E-state index contributed by atoms with van der Waals surface area (Å²) in [5.74, 6) is 0.702. The Kier molecular flexibility index (Phi) is 2.96. The molecule has 1 rings (SSSR count). The average molecular weight is 192 g/mol. The summed E-state index contributed by atoms with van der Waals surface area (Å²) >= 11 is 0. The Labute approximate surface area is 84.2 Å². The van der Waals surface area contributed by atoms with Crippen LogP contribution in [0.2, 0.25) is 0 Å². The molecular formula is C10H16N4. The molecule has 0 fully saturated rings. The first-order valence-corrected chi connectivity index (χ1v) is 4.38. The maximum Gasteiger partial charge on any atom is 0.153 e. The summed E-state index contributed by atoms with van der Waals surface area (Å²) in [7, 11) is 1.91. The second kappa shape index (κ2) is 4.00. The molecule has 0 aliphatic rings. The van der Waals surface area contributed by atoms with Crippen molar-refractivity contribution in [2.75, 3.05) is 30.0 Å². The summed E-state index contributed by atoms with van der Waals surface area (Å²) in [6, 6.07) is 1.69. The van der Waals surface area contributed by atoms with Crippen molar-refractivity contribution < 1.29 is 0 Å². The fourth-order valence-corrected chi connectivity index (χ4v) is 1.26. The highest BCUT2D eigenvalue weighted by Crippen LogP contribution is 2.24. The van der Waals surface area contributed by atoms with Gasteiger partial charge in [0.15, 0.2) is 5.82 Å². The number of aromatic nitrogens is 1. The van der Waals surface area contributed by atoms with E-state index in [1.165, 1.54) is 0 Å². The minimum absolute atomic E-state index is 0.524. The van der Waals surface area contributed by atoms with Gasteiger partial charge in [-0.15, -0.1) is 0 Å². The first-order valence-electron chi connectivity index (χ1n) is 4.38. The number of rotatable bonds is 3. The monoisotopic (exact) mass is 192 g/mol. The van der Waals surface area contributed by atoms with Crippen LogP contribution in [0, 0.1) is 0 Å². The quantitative estimate of drug-likeness (QED) is 0.707. The molecule has 0 spiro atoms. The normalized spacial score (nSPS) is 9.86. The highest BCUT2D eigenvalue weighted by molar-refractivity contribution is 5.76. The first-order chi connectivity index (χ1) is 6.52. The number of likely N-dealkylation sites (N-methyl/N-ethyl adjacent to an activating group) is 1. The van der Waals surface area contributed by atoms with E-state index in [4.69, 9.17) is 11.5 Å². The molecule has 0 saturated heterocycles. The van der Waals surface area contributed by atoms with Crippen LogP contribution in [-0.4, -0.2) is 18.6 Å². The summed E-state index contributed by atoms with van der Waals surface area (Å²) in [6.07, 6.45) is 1.65. The van der Waals surface area contributed by atoms with Crippen molar-refractivity contribution in [1.82, 2.24) is 4.98 Å². The maximum atomic E-state index is 5.80. The lowest BCUT2D eigenvalue weighted by atomic mass is 10.3. The maximum absolute atomic E-state index is 5.80. The molecule has 0 aliphatic carbocycles. The third-order valence-corrected chi connectivity index (χ3v) is 1.87. The van der Waals surface area contributed by atoms with Gasteiger partial charge in [-0.1, -0.05) is 12.2 Å². The van der Waals surface area contributed by atoms with Crippen molar-refractivity contribution in [3.05, 3.63) is 24.4 Å². The van der Waals surface area contributed by atoms with Crippen LogP contribution >= 0.6 is 0 Å². The molecule has 14 heavy (non-hydrogen) atoms. The summed E-state index contributed by atoms with van der Waals surface area (Å²) < 4.78 is 0. The van der Waals surface area contributed by atoms with Crippen molar-refractivity contribution in [3.8, 4) is 0 Å². The second-order valence-electron chi connectivity index (χ2n) is 3.45. The topological polar surface area (TPSA) is 68.2 Å². The zero-order chi connectivity index (χ0) is 10.7. The summed E-state index contributed by atoms with van der Waals surface area (Å²) in [5, 5.41) is 0. The number of hydrogen-bond donors (Lipinski definition) is 2. The van der Waals surface area contributed by atoms with Crippen LogP contribution in [0.5, 0.6) is 0 Å². The van der Waals surface area contributed by atoms with Crippen LogP contribution < -0.4 is 16.4 Å². The SMILES string of the molecule is C=C(C)CN(C)c1nccc(N)c1N. The van der Waals surface area contributed by atoms with Crippen LogP contribution in [0.3, 0.4) is 0 Å². The van der Waals surface area contributed by atoms with Crippen LogP contribution in [0.1, 0.15) is 6.92 Å². The van der Waals surface area contributed by atoms with Crippen molar-refractivity contribution in [2.45, 2.75) is 6.92 Å². The largest absolute Gasteiger partial charge is 0.397 e. The summed E-state index contributed by atoms with van der Waals surface area (Å²) in [4.78, 5) is 6.10. The van der Waals surface area contributed by atoms with Crippen LogP contribution in [0.15, 0.2) is 24.4 Å². The summed E-state index contributed by atoms with van der Waals surface area (Å²) in [6.45, 7) is 6.51. The van der Waals surface area contributed by atoms with Crippen molar-refractivity contribution in [3.63, 3.8) is 0 Å². The Balaban J connectivity index is 2.95. The van der Waals surface area contributed by atoms with Gasteiger partial charge in [0.1, 0.15) is 0 Å².